The van der Waals surface area contributed by atoms with Gasteiger partial charge in [-0.1, -0.05) is 0 Å². The Bertz CT molecular complexity index is 423. The molecule has 4 heteroatoms. The van der Waals surface area contributed by atoms with Gasteiger partial charge in [0.2, 0.25) is 0 Å². The van der Waals surface area contributed by atoms with E-state index < -0.39 is 0 Å². The molecule has 19 heavy (non-hydrogen) atoms. The van der Waals surface area contributed by atoms with Crippen molar-refractivity contribution in [3.8, 4) is 11.5 Å². The Morgan fingerprint density at radius 1 is 1.26 bits per heavy atom. The summed E-state index contributed by atoms with van der Waals surface area (Å²) in [6.07, 6.45) is 2.30. The number of benzene rings is 1. The molecule has 4 nitrogen and oxygen atoms in total. The molecule has 0 bridgehead atoms. The first-order valence-corrected chi connectivity index (χ1v) is 6.85. The Hall–Kier alpha value is -1.42. The molecule has 1 aromatic carbocycles. The average Bonchev–Trinajstić information content (AvgIpc) is 2.46. The van der Waals surface area contributed by atoms with E-state index in [9.17, 15) is 0 Å². The van der Waals surface area contributed by atoms with E-state index in [0.717, 1.165) is 36.6 Å². The van der Waals surface area contributed by atoms with Crippen molar-refractivity contribution in [3.05, 3.63) is 18.2 Å². The van der Waals surface area contributed by atoms with Gasteiger partial charge in [-0.3, -0.25) is 0 Å². The lowest BCUT2D eigenvalue weighted by Gasteiger charge is -2.39. The maximum Gasteiger partial charge on any atom is 0.142 e. The number of hydrogen-bond donors (Lipinski definition) is 1. The summed E-state index contributed by atoms with van der Waals surface area (Å²) < 4.78 is 10.8. The number of anilines is 1. The Balaban J connectivity index is 2.25. The van der Waals surface area contributed by atoms with Crippen LogP contribution in [0.3, 0.4) is 0 Å². The van der Waals surface area contributed by atoms with Crippen molar-refractivity contribution in [2.24, 2.45) is 0 Å². The molecule has 1 N–H and O–H groups in total. The smallest absolute Gasteiger partial charge is 0.142 e. The van der Waals surface area contributed by atoms with E-state index in [2.05, 4.69) is 23.2 Å². The third-order valence-electron chi connectivity index (χ3n) is 3.98. The highest BCUT2D eigenvalue weighted by atomic mass is 16.5. The third-order valence-corrected chi connectivity index (χ3v) is 3.98. The van der Waals surface area contributed by atoms with E-state index in [0.29, 0.717) is 12.1 Å². The molecule has 2 atom stereocenters. The van der Waals surface area contributed by atoms with Gasteiger partial charge in [-0.05, 0) is 38.9 Å². The molecule has 0 saturated carbocycles. The molecule has 0 amide bonds. The minimum absolute atomic E-state index is 0.493. The molecule has 106 valence electrons. The molecule has 0 aromatic heterocycles. The quantitative estimate of drug-likeness (QED) is 0.904. The number of nitrogens with one attached hydrogen (secondary N) is 1. The number of hydrogen-bond acceptors (Lipinski definition) is 4. The van der Waals surface area contributed by atoms with Crippen molar-refractivity contribution in [1.82, 2.24) is 5.32 Å². The fourth-order valence-electron chi connectivity index (χ4n) is 2.81. The summed E-state index contributed by atoms with van der Waals surface area (Å²) in [7, 11) is 5.46. The molecule has 0 aliphatic carbocycles. The van der Waals surface area contributed by atoms with Gasteiger partial charge in [0.05, 0.1) is 19.9 Å². The average molecular weight is 264 g/mol. The summed E-state index contributed by atoms with van der Waals surface area (Å²) in [5.41, 5.74) is 1.13. The molecule has 2 rings (SSSR count). The number of piperidine rings is 1. The van der Waals surface area contributed by atoms with Crippen LogP contribution in [0.4, 0.5) is 5.69 Å². The second-order valence-corrected chi connectivity index (χ2v) is 5.09. The Morgan fingerprint density at radius 2 is 2.05 bits per heavy atom. The highest BCUT2D eigenvalue weighted by molar-refractivity contribution is 5.62. The minimum atomic E-state index is 0.493. The van der Waals surface area contributed by atoms with Crippen LogP contribution in [0.1, 0.15) is 19.8 Å². The molecule has 1 fully saturated rings. The van der Waals surface area contributed by atoms with Crippen molar-refractivity contribution < 1.29 is 9.47 Å². The molecule has 0 spiro atoms. The molecule has 1 heterocycles. The fourth-order valence-corrected chi connectivity index (χ4v) is 2.81. The first-order valence-electron chi connectivity index (χ1n) is 6.85. The maximum atomic E-state index is 5.49. The van der Waals surface area contributed by atoms with Gasteiger partial charge in [0.25, 0.3) is 0 Å². The Kier molecular flexibility index (Phi) is 4.53. The molecule has 1 saturated heterocycles. The zero-order valence-corrected chi connectivity index (χ0v) is 12.3. The summed E-state index contributed by atoms with van der Waals surface area (Å²) in [6, 6.07) is 7.09. The summed E-state index contributed by atoms with van der Waals surface area (Å²) in [4.78, 5) is 2.41. The second kappa shape index (κ2) is 6.15. The number of rotatable bonds is 4. The van der Waals surface area contributed by atoms with E-state index in [1.807, 2.05) is 19.2 Å². The van der Waals surface area contributed by atoms with E-state index in [1.165, 1.54) is 0 Å². The predicted octanol–water partition coefficient (Wildman–Crippen LogP) is 2.28. The molecule has 1 aliphatic heterocycles. The first-order chi connectivity index (χ1) is 9.19. The Labute approximate surface area is 115 Å². The van der Waals surface area contributed by atoms with Gasteiger partial charge in [0.15, 0.2) is 0 Å². The van der Waals surface area contributed by atoms with E-state index >= 15 is 0 Å². The lowest BCUT2D eigenvalue weighted by Crippen LogP contribution is -2.46. The number of nitrogens with zero attached hydrogens (tertiary/aromatic N) is 1. The maximum absolute atomic E-state index is 5.49. The van der Waals surface area contributed by atoms with Gasteiger partial charge < -0.3 is 19.7 Å². The minimum Gasteiger partial charge on any atom is -0.497 e. The Morgan fingerprint density at radius 3 is 2.63 bits per heavy atom. The van der Waals surface area contributed by atoms with Crippen LogP contribution in [0.2, 0.25) is 0 Å². The van der Waals surface area contributed by atoms with Crippen molar-refractivity contribution in [2.45, 2.75) is 31.8 Å². The zero-order valence-electron chi connectivity index (χ0n) is 12.3. The summed E-state index contributed by atoms with van der Waals surface area (Å²) in [5.74, 6) is 1.79. The van der Waals surface area contributed by atoms with E-state index in [4.69, 9.17) is 9.47 Å². The highest BCUT2D eigenvalue weighted by Crippen LogP contribution is 2.35. The standard InChI is InChI=1S/C15H24N2O2/c1-11-9-12(16-2)7-8-17(11)14-10-13(18-3)5-6-15(14)19-4/h5-6,10-12,16H,7-9H2,1-4H3. The van der Waals surface area contributed by atoms with Crippen LogP contribution in [0.25, 0.3) is 0 Å². The van der Waals surface area contributed by atoms with Crippen molar-refractivity contribution in [1.29, 1.82) is 0 Å². The molecule has 1 aliphatic rings. The summed E-state index contributed by atoms with van der Waals surface area (Å²) in [6.45, 7) is 3.30. The van der Waals surface area contributed by atoms with Gasteiger partial charge in [-0.2, -0.15) is 0 Å². The van der Waals surface area contributed by atoms with Gasteiger partial charge in [-0.15, -0.1) is 0 Å². The van der Waals surface area contributed by atoms with Crippen molar-refractivity contribution in [3.63, 3.8) is 0 Å². The molecule has 2 unspecified atom stereocenters. The monoisotopic (exact) mass is 264 g/mol. The first kappa shape index (κ1) is 14.0. The van der Waals surface area contributed by atoms with Gasteiger partial charge in [-0.25, -0.2) is 0 Å². The van der Waals surface area contributed by atoms with Crippen LogP contribution < -0.4 is 19.7 Å². The SMILES string of the molecule is CNC1CCN(c2cc(OC)ccc2OC)C(C)C1. The van der Waals surface area contributed by atoms with E-state index in [-0.39, 0.29) is 0 Å². The second-order valence-electron chi connectivity index (χ2n) is 5.09. The number of methoxy groups -OCH3 is 2. The molecular formula is C15H24N2O2. The zero-order chi connectivity index (χ0) is 13.8. The molecule has 1 aromatic rings. The summed E-state index contributed by atoms with van der Waals surface area (Å²) >= 11 is 0. The lowest BCUT2D eigenvalue weighted by atomic mass is 9.97. The van der Waals surface area contributed by atoms with Crippen LogP contribution >= 0.6 is 0 Å². The largest absolute Gasteiger partial charge is 0.497 e. The van der Waals surface area contributed by atoms with Gasteiger partial charge >= 0.3 is 0 Å². The summed E-state index contributed by atoms with van der Waals surface area (Å²) in [5, 5.41) is 3.37. The topological polar surface area (TPSA) is 33.7 Å². The molecular weight excluding hydrogens is 240 g/mol. The van der Waals surface area contributed by atoms with Crippen LogP contribution in [0, 0.1) is 0 Å². The fraction of sp³-hybridized carbons (Fsp3) is 0.600. The lowest BCUT2D eigenvalue weighted by molar-refractivity contribution is 0.373. The normalized spacial score (nSPS) is 23.3. The predicted molar refractivity (Wildman–Crippen MR) is 78.4 cm³/mol. The number of ether oxygens (including phenoxy) is 2. The van der Waals surface area contributed by atoms with Crippen LogP contribution in [-0.4, -0.2) is 39.9 Å². The van der Waals surface area contributed by atoms with E-state index in [1.54, 1.807) is 14.2 Å². The third kappa shape index (κ3) is 2.95. The van der Waals surface area contributed by atoms with Crippen LogP contribution in [-0.2, 0) is 0 Å². The van der Waals surface area contributed by atoms with Gasteiger partial charge in [0, 0.05) is 24.7 Å². The molecule has 0 radical (unpaired) electrons. The van der Waals surface area contributed by atoms with Crippen LogP contribution in [0.15, 0.2) is 18.2 Å². The highest BCUT2D eigenvalue weighted by Gasteiger charge is 2.26. The van der Waals surface area contributed by atoms with Crippen molar-refractivity contribution >= 4 is 5.69 Å². The van der Waals surface area contributed by atoms with Gasteiger partial charge in [0.1, 0.15) is 11.5 Å². The van der Waals surface area contributed by atoms with Crippen molar-refractivity contribution in [2.75, 3.05) is 32.7 Å². The van der Waals surface area contributed by atoms with Crippen LogP contribution in [0.5, 0.6) is 11.5 Å².